The van der Waals surface area contributed by atoms with Crippen LogP contribution >= 0.6 is 0 Å². The summed E-state index contributed by atoms with van der Waals surface area (Å²) < 4.78 is 10.4. The number of nitrogens with zero attached hydrogens (tertiary/aromatic N) is 1. The van der Waals surface area contributed by atoms with E-state index >= 15 is 0 Å². The van der Waals surface area contributed by atoms with E-state index in [4.69, 9.17) is 9.47 Å². The minimum absolute atomic E-state index is 0.0983. The molecule has 1 aromatic rings. The van der Waals surface area contributed by atoms with Crippen molar-refractivity contribution in [3.63, 3.8) is 0 Å². The standard InChI is InChI=1S/C18H27NO3/c1-4-6-7-8-13-19-16(17(19)18(20)22-5-2)14-9-11-15(21-3)12-10-14/h9-12,16-17H,4-8,13H2,1-3H3. The van der Waals surface area contributed by atoms with Crippen LogP contribution in [0, 0.1) is 0 Å². The maximum atomic E-state index is 12.1. The molecule has 4 heteroatoms. The number of rotatable bonds is 9. The van der Waals surface area contributed by atoms with Crippen LogP contribution in [0.2, 0.25) is 0 Å². The number of carbonyl (C=O) groups is 1. The fraction of sp³-hybridized carbons (Fsp3) is 0.611. The fourth-order valence-electron chi connectivity index (χ4n) is 2.94. The maximum Gasteiger partial charge on any atom is 0.325 e. The van der Waals surface area contributed by atoms with Crippen LogP contribution in [0.15, 0.2) is 24.3 Å². The Labute approximate surface area is 133 Å². The molecular formula is C18H27NO3. The molecule has 0 radical (unpaired) electrons. The normalized spacial score (nSPS) is 23.1. The minimum atomic E-state index is -0.116. The Morgan fingerprint density at radius 3 is 2.45 bits per heavy atom. The smallest absolute Gasteiger partial charge is 0.325 e. The highest BCUT2D eigenvalue weighted by Gasteiger charge is 2.53. The Morgan fingerprint density at radius 1 is 1.14 bits per heavy atom. The average molecular weight is 305 g/mol. The van der Waals surface area contributed by atoms with Crippen molar-refractivity contribution < 1.29 is 14.3 Å². The maximum absolute atomic E-state index is 12.1. The van der Waals surface area contributed by atoms with Crippen LogP contribution in [0.4, 0.5) is 0 Å². The van der Waals surface area contributed by atoms with Gasteiger partial charge in [-0.25, -0.2) is 0 Å². The molecule has 122 valence electrons. The predicted octanol–water partition coefficient (Wildman–Crippen LogP) is 3.56. The number of unbranched alkanes of at least 4 members (excludes halogenated alkanes) is 3. The lowest BCUT2D eigenvalue weighted by Gasteiger charge is -2.04. The van der Waals surface area contributed by atoms with Gasteiger partial charge >= 0.3 is 5.97 Å². The highest BCUT2D eigenvalue weighted by molar-refractivity contribution is 5.80. The third-order valence-corrected chi connectivity index (χ3v) is 4.18. The molecule has 1 heterocycles. The van der Waals surface area contributed by atoms with Gasteiger partial charge in [-0.05, 0) is 37.6 Å². The van der Waals surface area contributed by atoms with Crippen molar-refractivity contribution in [2.24, 2.45) is 0 Å². The summed E-state index contributed by atoms with van der Waals surface area (Å²) in [6.07, 6.45) is 4.84. The van der Waals surface area contributed by atoms with E-state index < -0.39 is 0 Å². The molecule has 0 spiro atoms. The highest BCUT2D eigenvalue weighted by Crippen LogP contribution is 2.44. The molecule has 3 unspecified atom stereocenters. The van der Waals surface area contributed by atoms with Crippen LogP contribution in [-0.2, 0) is 9.53 Å². The summed E-state index contributed by atoms with van der Waals surface area (Å²) in [4.78, 5) is 14.4. The molecule has 0 bridgehead atoms. The van der Waals surface area contributed by atoms with Gasteiger partial charge in [0.25, 0.3) is 0 Å². The van der Waals surface area contributed by atoms with Gasteiger partial charge in [0.15, 0.2) is 0 Å². The van der Waals surface area contributed by atoms with Gasteiger partial charge in [-0.15, -0.1) is 0 Å². The van der Waals surface area contributed by atoms with Crippen molar-refractivity contribution in [3.05, 3.63) is 29.8 Å². The van der Waals surface area contributed by atoms with Gasteiger partial charge in [0.2, 0.25) is 0 Å². The molecule has 1 saturated heterocycles. The summed E-state index contributed by atoms with van der Waals surface area (Å²) in [6, 6.07) is 8.03. The SMILES string of the molecule is CCCCCCN1C(C(=O)OCC)C1c1ccc(OC)cc1. The lowest BCUT2D eigenvalue weighted by Crippen LogP contribution is -2.16. The Kier molecular flexibility index (Phi) is 6.25. The Hall–Kier alpha value is -1.55. The summed E-state index contributed by atoms with van der Waals surface area (Å²) in [5, 5.41) is 0. The number of hydrogen-bond acceptors (Lipinski definition) is 4. The van der Waals surface area contributed by atoms with Gasteiger partial charge in [0.05, 0.1) is 19.8 Å². The molecule has 0 amide bonds. The molecule has 4 nitrogen and oxygen atoms in total. The van der Waals surface area contributed by atoms with E-state index in [1.165, 1.54) is 19.3 Å². The van der Waals surface area contributed by atoms with E-state index in [-0.39, 0.29) is 18.1 Å². The van der Waals surface area contributed by atoms with E-state index in [1.54, 1.807) is 7.11 Å². The van der Waals surface area contributed by atoms with Gasteiger partial charge < -0.3 is 9.47 Å². The van der Waals surface area contributed by atoms with Crippen LogP contribution < -0.4 is 4.74 Å². The summed E-state index contributed by atoms with van der Waals surface area (Å²) in [5.41, 5.74) is 1.16. The van der Waals surface area contributed by atoms with Crippen LogP contribution in [0.5, 0.6) is 5.75 Å². The van der Waals surface area contributed by atoms with Crippen LogP contribution in [0.3, 0.4) is 0 Å². The zero-order valence-electron chi connectivity index (χ0n) is 13.9. The first kappa shape index (κ1) is 16.8. The second-order valence-corrected chi connectivity index (χ2v) is 5.71. The third-order valence-electron chi connectivity index (χ3n) is 4.18. The van der Waals surface area contributed by atoms with E-state index in [1.807, 2.05) is 31.2 Å². The monoisotopic (exact) mass is 305 g/mol. The van der Waals surface area contributed by atoms with E-state index in [0.29, 0.717) is 6.61 Å². The van der Waals surface area contributed by atoms with Gasteiger partial charge in [-0.3, -0.25) is 9.69 Å². The largest absolute Gasteiger partial charge is 0.497 e. The van der Waals surface area contributed by atoms with Gasteiger partial charge in [-0.2, -0.15) is 0 Å². The van der Waals surface area contributed by atoms with Crippen LogP contribution in [0.25, 0.3) is 0 Å². The summed E-state index contributed by atoms with van der Waals surface area (Å²) >= 11 is 0. The Balaban J connectivity index is 1.99. The molecule has 0 N–H and O–H groups in total. The summed E-state index contributed by atoms with van der Waals surface area (Å²) in [7, 11) is 1.66. The fourth-order valence-corrected chi connectivity index (χ4v) is 2.94. The molecule has 3 atom stereocenters. The van der Waals surface area contributed by atoms with E-state index in [9.17, 15) is 4.79 Å². The molecule has 0 aliphatic carbocycles. The molecule has 1 aliphatic rings. The molecular weight excluding hydrogens is 278 g/mol. The topological polar surface area (TPSA) is 38.5 Å². The quantitative estimate of drug-likeness (QED) is 0.397. The number of benzene rings is 1. The first-order chi connectivity index (χ1) is 10.7. The Bertz CT molecular complexity index is 472. The molecule has 22 heavy (non-hydrogen) atoms. The molecule has 1 aromatic carbocycles. The number of hydrogen-bond donors (Lipinski definition) is 0. The van der Waals surface area contributed by atoms with Crippen molar-refractivity contribution in [2.45, 2.75) is 51.6 Å². The zero-order valence-corrected chi connectivity index (χ0v) is 13.9. The van der Waals surface area contributed by atoms with E-state index in [2.05, 4.69) is 11.8 Å². The van der Waals surface area contributed by atoms with Crippen LogP contribution in [0.1, 0.15) is 51.1 Å². The molecule has 0 aromatic heterocycles. The van der Waals surface area contributed by atoms with Crippen molar-refractivity contribution >= 4 is 5.97 Å². The summed E-state index contributed by atoms with van der Waals surface area (Å²) in [5.74, 6) is 0.741. The Morgan fingerprint density at radius 2 is 1.86 bits per heavy atom. The van der Waals surface area contributed by atoms with Crippen molar-refractivity contribution in [3.8, 4) is 5.75 Å². The van der Waals surface area contributed by atoms with Crippen molar-refractivity contribution in [1.29, 1.82) is 0 Å². The first-order valence-corrected chi connectivity index (χ1v) is 8.29. The molecule has 0 saturated carbocycles. The van der Waals surface area contributed by atoms with Crippen LogP contribution in [-0.4, -0.2) is 37.2 Å². The number of ether oxygens (including phenoxy) is 2. The first-order valence-electron chi connectivity index (χ1n) is 8.29. The van der Waals surface area contributed by atoms with Gasteiger partial charge in [0.1, 0.15) is 11.8 Å². The van der Waals surface area contributed by atoms with Crippen molar-refractivity contribution in [1.82, 2.24) is 4.90 Å². The van der Waals surface area contributed by atoms with Gasteiger partial charge in [-0.1, -0.05) is 38.3 Å². The second kappa shape index (κ2) is 8.18. The average Bonchev–Trinajstić information content (AvgIpc) is 3.26. The molecule has 2 rings (SSSR count). The van der Waals surface area contributed by atoms with Crippen molar-refractivity contribution in [2.75, 3.05) is 20.3 Å². The minimum Gasteiger partial charge on any atom is -0.497 e. The lowest BCUT2D eigenvalue weighted by molar-refractivity contribution is -0.143. The highest BCUT2D eigenvalue weighted by atomic mass is 16.5. The number of methoxy groups -OCH3 is 1. The number of carbonyl (C=O) groups excluding carboxylic acids is 1. The van der Waals surface area contributed by atoms with Gasteiger partial charge in [0, 0.05) is 0 Å². The third kappa shape index (κ3) is 4.01. The van der Waals surface area contributed by atoms with E-state index in [0.717, 1.165) is 24.3 Å². The molecule has 1 aliphatic heterocycles. The zero-order chi connectivity index (χ0) is 15.9. The second-order valence-electron chi connectivity index (χ2n) is 5.71. The molecule has 1 fully saturated rings. The lowest BCUT2D eigenvalue weighted by atomic mass is 10.1. The predicted molar refractivity (Wildman–Crippen MR) is 87.0 cm³/mol. The summed E-state index contributed by atoms with van der Waals surface area (Å²) in [6.45, 7) is 5.46. The number of esters is 1.